The number of likely N-dealkylation sites (N-methyl/N-ethyl adjacent to an activating group) is 1. The lowest BCUT2D eigenvalue weighted by molar-refractivity contribution is -0.135. The third-order valence-corrected chi connectivity index (χ3v) is 1.99. The van der Waals surface area contributed by atoms with Gasteiger partial charge in [-0.2, -0.15) is 0 Å². The van der Waals surface area contributed by atoms with E-state index in [1.54, 1.807) is 13.1 Å². The summed E-state index contributed by atoms with van der Waals surface area (Å²) in [5.41, 5.74) is 5.97. The van der Waals surface area contributed by atoms with Gasteiger partial charge in [0.25, 0.3) is 0 Å². The SMILES string of the molecule is Cc1cc(CN(C)C(=O)COCCN)no1. The highest BCUT2D eigenvalue weighted by atomic mass is 16.5. The Morgan fingerprint density at radius 2 is 2.44 bits per heavy atom. The van der Waals surface area contributed by atoms with E-state index < -0.39 is 0 Å². The topological polar surface area (TPSA) is 81.6 Å². The Bertz CT molecular complexity index is 338. The fourth-order valence-electron chi connectivity index (χ4n) is 1.18. The van der Waals surface area contributed by atoms with E-state index in [1.165, 1.54) is 4.90 Å². The van der Waals surface area contributed by atoms with Crippen LogP contribution in [-0.2, 0) is 16.1 Å². The average Bonchev–Trinajstić information content (AvgIpc) is 2.64. The first kappa shape index (κ1) is 12.7. The molecule has 0 saturated heterocycles. The summed E-state index contributed by atoms with van der Waals surface area (Å²) in [6.45, 7) is 3.08. The van der Waals surface area contributed by atoms with Gasteiger partial charge in [-0.1, -0.05) is 5.16 Å². The minimum Gasteiger partial charge on any atom is -0.370 e. The van der Waals surface area contributed by atoms with Crippen molar-refractivity contribution >= 4 is 5.91 Å². The summed E-state index contributed by atoms with van der Waals surface area (Å²) in [7, 11) is 1.69. The van der Waals surface area contributed by atoms with Crippen molar-refractivity contribution in [1.82, 2.24) is 10.1 Å². The monoisotopic (exact) mass is 227 g/mol. The molecule has 1 aromatic rings. The van der Waals surface area contributed by atoms with Crippen molar-refractivity contribution in [3.8, 4) is 0 Å². The Balaban J connectivity index is 2.34. The van der Waals surface area contributed by atoms with Crippen molar-refractivity contribution < 1.29 is 14.1 Å². The molecule has 0 aromatic carbocycles. The maximum atomic E-state index is 11.5. The third kappa shape index (κ3) is 4.00. The number of aryl methyl sites for hydroxylation is 1. The molecule has 1 heterocycles. The molecular formula is C10H17N3O3. The number of nitrogens with two attached hydrogens (primary N) is 1. The number of carbonyl (C=O) groups excluding carboxylic acids is 1. The van der Waals surface area contributed by atoms with Gasteiger partial charge in [0.15, 0.2) is 0 Å². The molecular weight excluding hydrogens is 210 g/mol. The summed E-state index contributed by atoms with van der Waals surface area (Å²) in [5.74, 6) is 0.629. The molecule has 6 heteroatoms. The van der Waals surface area contributed by atoms with Crippen LogP contribution in [0.3, 0.4) is 0 Å². The molecule has 0 aliphatic heterocycles. The van der Waals surface area contributed by atoms with Crippen LogP contribution in [-0.4, -0.2) is 42.8 Å². The molecule has 0 atom stereocenters. The largest absolute Gasteiger partial charge is 0.370 e. The second-order valence-electron chi connectivity index (χ2n) is 3.52. The first-order valence-corrected chi connectivity index (χ1v) is 5.07. The highest BCUT2D eigenvalue weighted by molar-refractivity contribution is 5.77. The van der Waals surface area contributed by atoms with Gasteiger partial charge in [0.05, 0.1) is 13.2 Å². The second-order valence-corrected chi connectivity index (χ2v) is 3.52. The van der Waals surface area contributed by atoms with Crippen molar-refractivity contribution in [2.24, 2.45) is 5.73 Å². The Morgan fingerprint density at radius 3 is 3.00 bits per heavy atom. The highest BCUT2D eigenvalue weighted by Crippen LogP contribution is 2.04. The molecule has 1 amide bonds. The number of nitrogens with zero attached hydrogens (tertiary/aromatic N) is 2. The summed E-state index contributed by atoms with van der Waals surface area (Å²) in [6, 6.07) is 1.80. The Kier molecular flexibility index (Phi) is 4.94. The first-order chi connectivity index (χ1) is 7.63. The van der Waals surface area contributed by atoms with Gasteiger partial charge in [-0.3, -0.25) is 4.79 Å². The molecule has 2 N–H and O–H groups in total. The Labute approximate surface area is 94.3 Å². The van der Waals surface area contributed by atoms with E-state index >= 15 is 0 Å². The maximum absolute atomic E-state index is 11.5. The van der Waals surface area contributed by atoms with Crippen LogP contribution >= 0.6 is 0 Å². The summed E-state index contributed by atoms with van der Waals surface area (Å²) >= 11 is 0. The van der Waals surface area contributed by atoms with Crippen molar-refractivity contribution in [3.05, 3.63) is 17.5 Å². The van der Waals surface area contributed by atoms with Gasteiger partial charge in [0.1, 0.15) is 18.1 Å². The molecule has 16 heavy (non-hydrogen) atoms. The van der Waals surface area contributed by atoms with E-state index in [0.717, 1.165) is 11.5 Å². The predicted octanol–water partition coefficient (Wildman–Crippen LogP) is -0.0833. The second kappa shape index (κ2) is 6.24. The van der Waals surface area contributed by atoms with E-state index in [-0.39, 0.29) is 12.5 Å². The first-order valence-electron chi connectivity index (χ1n) is 5.07. The Morgan fingerprint density at radius 1 is 1.69 bits per heavy atom. The van der Waals surface area contributed by atoms with Crippen molar-refractivity contribution in [2.75, 3.05) is 26.8 Å². The minimum atomic E-state index is -0.103. The summed E-state index contributed by atoms with van der Waals surface area (Å²) < 4.78 is 9.96. The summed E-state index contributed by atoms with van der Waals surface area (Å²) in [6.07, 6.45) is 0. The van der Waals surface area contributed by atoms with Gasteiger partial charge in [-0.15, -0.1) is 0 Å². The van der Waals surface area contributed by atoms with Crippen LogP contribution in [0.4, 0.5) is 0 Å². The quantitative estimate of drug-likeness (QED) is 0.687. The molecule has 1 rings (SSSR count). The van der Waals surface area contributed by atoms with Crippen LogP contribution < -0.4 is 5.73 Å². The van der Waals surface area contributed by atoms with Crippen LogP contribution in [0.25, 0.3) is 0 Å². The molecule has 0 aliphatic carbocycles. The summed E-state index contributed by atoms with van der Waals surface area (Å²) in [5, 5.41) is 3.80. The van der Waals surface area contributed by atoms with Gasteiger partial charge < -0.3 is 19.9 Å². The average molecular weight is 227 g/mol. The molecule has 0 spiro atoms. The van der Waals surface area contributed by atoms with Crippen LogP contribution in [0.1, 0.15) is 11.5 Å². The van der Waals surface area contributed by atoms with Crippen molar-refractivity contribution in [1.29, 1.82) is 0 Å². The van der Waals surface area contributed by atoms with Gasteiger partial charge in [-0.25, -0.2) is 0 Å². The van der Waals surface area contributed by atoms with Crippen molar-refractivity contribution in [3.63, 3.8) is 0 Å². The zero-order valence-electron chi connectivity index (χ0n) is 9.60. The number of hydrogen-bond acceptors (Lipinski definition) is 5. The Hall–Kier alpha value is -1.40. The van der Waals surface area contributed by atoms with Gasteiger partial charge in [0.2, 0.25) is 5.91 Å². The molecule has 6 nitrogen and oxygen atoms in total. The fourth-order valence-corrected chi connectivity index (χ4v) is 1.18. The van der Waals surface area contributed by atoms with Crippen LogP contribution in [0, 0.1) is 6.92 Å². The molecule has 90 valence electrons. The zero-order chi connectivity index (χ0) is 12.0. The molecule has 0 unspecified atom stereocenters. The van der Waals surface area contributed by atoms with Crippen molar-refractivity contribution in [2.45, 2.75) is 13.5 Å². The summed E-state index contributed by atoms with van der Waals surface area (Å²) in [4.78, 5) is 13.1. The molecule has 0 bridgehead atoms. The number of carbonyl (C=O) groups is 1. The lowest BCUT2D eigenvalue weighted by atomic mass is 10.3. The van der Waals surface area contributed by atoms with Crippen LogP contribution in [0.15, 0.2) is 10.6 Å². The number of amides is 1. The maximum Gasteiger partial charge on any atom is 0.248 e. The molecule has 0 fully saturated rings. The normalized spacial score (nSPS) is 10.4. The highest BCUT2D eigenvalue weighted by Gasteiger charge is 2.11. The predicted molar refractivity (Wildman–Crippen MR) is 57.6 cm³/mol. The van der Waals surface area contributed by atoms with Gasteiger partial charge >= 0.3 is 0 Å². The van der Waals surface area contributed by atoms with Crippen LogP contribution in [0.5, 0.6) is 0 Å². The fraction of sp³-hybridized carbons (Fsp3) is 0.600. The van der Waals surface area contributed by atoms with Crippen LogP contribution in [0.2, 0.25) is 0 Å². The van der Waals surface area contributed by atoms with Gasteiger partial charge in [-0.05, 0) is 6.92 Å². The van der Waals surface area contributed by atoms with E-state index in [1.807, 2.05) is 6.92 Å². The molecule has 0 aliphatic rings. The van der Waals surface area contributed by atoms with E-state index in [9.17, 15) is 4.79 Å². The van der Waals surface area contributed by atoms with Gasteiger partial charge in [0, 0.05) is 19.7 Å². The molecule has 0 saturated carbocycles. The lowest BCUT2D eigenvalue weighted by Crippen LogP contribution is -2.30. The lowest BCUT2D eigenvalue weighted by Gasteiger charge is -2.15. The van der Waals surface area contributed by atoms with E-state index in [0.29, 0.717) is 19.7 Å². The number of aromatic nitrogens is 1. The van der Waals surface area contributed by atoms with E-state index in [4.69, 9.17) is 15.0 Å². The smallest absolute Gasteiger partial charge is 0.248 e. The third-order valence-electron chi connectivity index (χ3n) is 1.99. The molecule has 1 aromatic heterocycles. The van der Waals surface area contributed by atoms with E-state index in [2.05, 4.69) is 5.16 Å². The molecule has 0 radical (unpaired) electrons. The number of ether oxygens (including phenoxy) is 1. The standard InChI is InChI=1S/C10H17N3O3/c1-8-5-9(12-16-8)6-13(2)10(14)7-15-4-3-11/h5H,3-4,6-7,11H2,1-2H3. The zero-order valence-corrected chi connectivity index (χ0v) is 9.60. The number of hydrogen-bond donors (Lipinski definition) is 1. The minimum absolute atomic E-state index is 0.0462. The number of rotatable bonds is 6.